The van der Waals surface area contributed by atoms with Crippen molar-refractivity contribution in [1.29, 1.82) is 0 Å². The van der Waals surface area contributed by atoms with E-state index in [0.29, 0.717) is 0 Å². The first kappa shape index (κ1) is 16.8. The fourth-order valence-corrected chi connectivity index (χ4v) is 2.31. The molecule has 1 aromatic rings. The van der Waals surface area contributed by atoms with Crippen molar-refractivity contribution in [2.24, 2.45) is 0 Å². The molecule has 1 nitrogen and oxygen atoms in total. The van der Waals surface area contributed by atoms with Gasteiger partial charge in [0.2, 0.25) is 0 Å². The lowest BCUT2D eigenvalue weighted by Gasteiger charge is -2.09. The zero-order chi connectivity index (χ0) is 14.0. The van der Waals surface area contributed by atoms with Gasteiger partial charge in [-0.1, -0.05) is 46.4 Å². The third kappa shape index (κ3) is 3.90. The van der Waals surface area contributed by atoms with Gasteiger partial charge in [0.25, 0.3) is 0 Å². The fraction of sp³-hybridized carbons (Fsp3) is 0.529. The van der Waals surface area contributed by atoms with E-state index in [0.717, 1.165) is 0 Å². The first-order chi connectivity index (χ1) is 8.86. The van der Waals surface area contributed by atoms with Gasteiger partial charge < -0.3 is 4.98 Å². The van der Waals surface area contributed by atoms with Crippen LogP contribution in [0.5, 0.6) is 0 Å². The predicted molar refractivity (Wildman–Crippen MR) is 84.2 cm³/mol. The first-order valence-electron chi connectivity index (χ1n) is 7.35. The van der Waals surface area contributed by atoms with Crippen LogP contribution in [0, 0.1) is 0 Å². The molecule has 0 bridgehead atoms. The molecule has 0 atom stereocenters. The van der Waals surface area contributed by atoms with Crippen LogP contribution in [0.1, 0.15) is 58.7 Å². The lowest BCUT2D eigenvalue weighted by Crippen LogP contribution is -2.24. The van der Waals surface area contributed by atoms with Crippen LogP contribution < -0.4 is 10.6 Å². The van der Waals surface area contributed by atoms with Gasteiger partial charge in [-0.3, -0.25) is 0 Å². The third-order valence-electron chi connectivity index (χ3n) is 2.94. The molecule has 0 radical (unpaired) electrons. The van der Waals surface area contributed by atoms with E-state index in [1.165, 1.54) is 47.5 Å². The molecular formula is C17H29N. The smallest absolute Gasteiger partial charge is 0.0455 e. The predicted octanol–water partition coefficient (Wildman–Crippen LogP) is 3.71. The second kappa shape index (κ2) is 9.76. The number of fused-ring (bicyclic) bond motifs is 1. The maximum absolute atomic E-state index is 3.75. The molecule has 1 aliphatic rings. The fourth-order valence-electron chi connectivity index (χ4n) is 2.31. The maximum atomic E-state index is 3.75. The van der Waals surface area contributed by atoms with E-state index >= 15 is 0 Å². The summed E-state index contributed by atoms with van der Waals surface area (Å²) in [7, 11) is 0. The molecule has 1 N–H and O–H groups in total. The number of allylic oxidation sites excluding steroid dienone is 1. The van der Waals surface area contributed by atoms with Crippen LogP contribution in [0.2, 0.25) is 0 Å². The maximum Gasteiger partial charge on any atom is 0.0455 e. The lowest BCUT2D eigenvalue weighted by molar-refractivity contribution is 0.675. The molecule has 2 rings (SSSR count). The number of hydrogen-bond acceptors (Lipinski definition) is 0. The van der Waals surface area contributed by atoms with Crippen LogP contribution in [-0.4, -0.2) is 4.98 Å². The Labute approximate surface area is 112 Å². The third-order valence-corrected chi connectivity index (χ3v) is 2.94. The zero-order valence-corrected chi connectivity index (χ0v) is 12.8. The standard InChI is InChI=1S/C13H17N.2C2H6/c1-3-7-12-10(4-2)11-8-5-6-9-13(11)14-12;2*1-2/h3-4,7,14H,1,5-6,8-9H2,2H3;2*1-2H3/b10-4-,12-7+;;. The van der Waals surface area contributed by atoms with Gasteiger partial charge in [-0.25, -0.2) is 0 Å². The molecule has 0 aliphatic heterocycles. The van der Waals surface area contributed by atoms with Crippen molar-refractivity contribution < 1.29 is 0 Å². The Kier molecular flexibility index (Phi) is 9.08. The van der Waals surface area contributed by atoms with E-state index in [4.69, 9.17) is 0 Å². The quantitative estimate of drug-likeness (QED) is 0.778. The lowest BCUT2D eigenvalue weighted by atomic mass is 9.97. The van der Waals surface area contributed by atoms with Crippen molar-refractivity contribution >= 4 is 12.2 Å². The minimum atomic E-state index is 1.21. The molecule has 0 saturated heterocycles. The molecule has 0 aromatic carbocycles. The van der Waals surface area contributed by atoms with Gasteiger partial charge in [0.1, 0.15) is 0 Å². The van der Waals surface area contributed by atoms with E-state index in [-0.39, 0.29) is 0 Å². The highest BCUT2D eigenvalue weighted by atomic mass is 14.7. The minimum Gasteiger partial charge on any atom is -0.358 e. The monoisotopic (exact) mass is 247 g/mol. The summed E-state index contributed by atoms with van der Waals surface area (Å²) in [6.07, 6.45) is 11.2. The molecule has 0 unspecified atom stereocenters. The highest BCUT2D eigenvalue weighted by Gasteiger charge is 2.12. The Bertz CT molecular complexity index is 449. The molecule has 0 saturated carbocycles. The number of hydrogen-bond donors (Lipinski definition) is 1. The summed E-state index contributed by atoms with van der Waals surface area (Å²) < 4.78 is 0. The van der Waals surface area contributed by atoms with Crippen LogP contribution in [0.3, 0.4) is 0 Å². The molecular weight excluding hydrogens is 218 g/mol. The summed E-state index contributed by atoms with van der Waals surface area (Å²) in [5, 5.41) is 2.62. The molecule has 1 aromatic heterocycles. The average molecular weight is 247 g/mol. The summed E-state index contributed by atoms with van der Waals surface area (Å²) >= 11 is 0. The normalized spacial score (nSPS) is 14.9. The van der Waals surface area contributed by atoms with Gasteiger partial charge in [0.05, 0.1) is 0 Å². The van der Waals surface area contributed by atoms with Gasteiger partial charge in [0.15, 0.2) is 0 Å². The summed E-state index contributed by atoms with van der Waals surface area (Å²) in [5.41, 5.74) is 2.98. The van der Waals surface area contributed by atoms with Gasteiger partial charge in [0, 0.05) is 11.0 Å². The van der Waals surface area contributed by atoms with Crippen LogP contribution in [0.25, 0.3) is 12.2 Å². The summed E-state index contributed by atoms with van der Waals surface area (Å²) in [6.45, 7) is 13.9. The Hall–Kier alpha value is -1.24. The van der Waals surface area contributed by atoms with Gasteiger partial charge in [-0.2, -0.15) is 0 Å². The van der Waals surface area contributed by atoms with E-state index < -0.39 is 0 Å². The van der Waals surface area contributed by atoms with Crippen LogP contribution >= 0.6 is 0 Å². The van der Waals surface area contributed by atoms with E-state index in [1.54, 1.807) is 0 Å². The van der Waals surface area contributed by atoms with Crippen molar-refractivity contribution in [3.8, 4) is 0 Å². The highest BCUT2D eigenvalue weighted by molar-refractivity contribution is 5.41. The van der Waals surface area contributed by atoms with E-state index in [9.17, 15) is 0 Å². The molecule has 102 valence electrons. The number of aromatic amines is 1. The van der Waals surface area contributed by atoms with Crippen molar-refractivity contribution in [1.82, 2.24) is 4.98 Å². The molecule has 1 heterocycles. The zero-order valence-electron chi connectivity index (χ0n) is 12.8. The van der Waals surface area contributed by atoms with Crippen molar-refractivity contribution in [3.05, 3.63) is 34.5 Å². The topological polar surface area (TPSA) is 15.8 Å². The highest BCUT2D eigenvalue weighted by Crippen LogP contribution is 2.14. The summed E-state index contributed by atoms with van der Waals surface area (Å²) in [4.78, 5) is 3.50. The van der Waals surface area contributed by atoms with Crippen molar-refractivity contribution in [2.75, 3.05) is 0 Å². The van der Waals surface area contributed by atoms with Crippen LogP contribution in [0.15, 0.2) is 12.7 Å². The van der Waals surface area contributed by atoms with Crippen molar-refractivity contribution in [2.45, 2.75) is 60.3 Å². The SMILES string of the molecule is C=C/C=c1/[nH]c2c(/c1=C/C)CCCC2.CC.CC. The molecule has 1 aliphatic carbocycles. The summed E-state index contributed by atoms with van der Waals surface area (Å²) in [5.74, 6) is 0. The molecule has 18 heavy (non-hydrogen) atoms. The number of H-pyrrole nitrogens is 1. The minimum absolute atomic E-state index is 1.21. The van der Waals surface area contributed by atoms with Crippen molar-refractivity contribution in [3.63, 3.8) is 0 Å². The Morgan fingerprint density at radius 2 is 1.67 bits per heavy atom. The van der Waals surface area contributed by atoms with Crippen LogP contribution in [0.4, 0.5) is 0 Å². The van der Waals surface area contributed by atoms with E-state index in [2.05, 4.69) is 30.6 Å². The molecule has 1 heteroatoms. The largest absolute Gasteiger partial charge is 0.358 e. The average Bonchev–Trinajstić information content (AvgIpc) is 2.81. The second-order valence-electron chi connectivity index (χ2n) is 3.81. The number of aromatic nitrogens is 1. The Morgan fingerprint density at radius 3 is 2.22 bits per heavy atom. The Morgan fingerprint density at radius 1 is 1.06 bits per heavy atom. The Balaban J connectivity index is 0.000000659. The molecule has 0 spiro atoms. The summed E-state index contributed by atoms with van der Waals surface area (Å²) in [6, 6.07) is 0. The van der Waals surface area contributed by atoms with Gasteiger partial charge >= 0.3 is 0 Å². The molecule has 0 amide bonds. The number of aryl methyl sites for hydroxylation is 1. The van der Waals surface area contributed by atoms with Gasteiger partial charge in [-0.15, -0.1) is 0 Å². The first-order valence-corrected chi connectivity index (χ1v) is 7.35. The second-order valence-corrected chi connectivity index (χ2v) is 3.81. The number of nitrogens with one attached hydrogen (secondary N) is 1. The van der Waals surface area contributed by atoms with E-state index in [1.807, 2.05) is 33.8 Å². The van der Waals surface area contributed by atoms with Gasteiger partial charge in [-0.05, 0) is 49.5 Å². The number of rotatable bonds is 1. The van der Waals surface area contributed by atoms with Crippen LogP contribution in [-0.2, 0) is 12.8 Å². The molecule has 0 fully saturated rings.